The predicted molar refractivity (Wildman–Crippen MR) is 30.1 cm³/mol. The molecule has 0 aliphatic heterocycles. The first-order valence-corrected chi connectivity index (χ1v) is 2.86. The minimum Gasteiger partial charge on any atom is -0.547 e. The SMILES string of the molecule is O=C([O-])[C@H](O)[C@H](O)[C@H](O)CO.[Li+]. The number of carbonyl (C=O) groups is 1. The average molecular weight is 172 g/mol. The second kappa shape index (κ2) is 6.43. The molecule has 7 heteroatoms. The molecule has 0 amide bonds. The van der Waals surface area contributed by atoms with E-state index in [1.165, 1.54) is 0 Å². The van der Waals surface area contributed by atoms with Gasteiger partial charge < -0.3 is 30.3 Å². The van der Waals surface area contributed by atoms with Crippen LogP contribution in [0.2, 0.25) is 0 Å². The number of aliphatic hydroxyl groups is 4. The van der Waals surface area contributed by atoms with Crippen LogP contribution in [0, 0.1) is 0 Å². The minimum absolute atomic E-state index is 0. The molecule has 0 rings (SSSR count). The minimum atomic E-state index is -2.18. The number of aliphatic carboxylic acids is 1. The van der Waals surface area contributed by atoms with E-state index in [0.29, 0.717) is 0 Å². The maximum absolute atomic E-state index is 9.85. The van der Waals surface area contributed by atoms with Crippen LogP contribution in [0.4, 0.5) is 0 Å². The van der Waals surface area contributed by atoms with E-state index >= 15 is 0 Å². The molecule has 4 N–H and O–H groups in total. The maximum atomic E-state index is 9.85. The van der Waals surface area contributed by atoms with Crippen molar-refractivity contribution >= 4 is 5.97 Å². The van der Waals surface area contributed by atoms with Gasteiger partial charge in [-0.05, 0) is 0 Å². The van der Waals surface area contributed by atoms with Crippen LogP contribution in [0.1, 0.15) is 0 Å². The summed E-state index contributed by atoms with van der Waals surface area (Å²) in [5.74, 6) is -1.90. The third-order valence-electron chi connectivity index (χ3n) is 1.15. The fraction of sp³-hybridized carbons (Fsp3) is 0.800. The Kier molecular flexibility index (Phi) is 7.73. The number of hydrogen-bond acceptors (Lipinski definition) is 6. The average Bonchev–Trinajstić information content (AvgIpc) is 2.00. The van der Waals surface area contributed by atoms with Crippen molar-refractivity contribution in [1.82, 2.24) is 0 Å². The van der Waals surface area contributed by atoms with Crippen LogP contribution in [0.5, 0.6) is 0 Å². The molecule has 66 valence electrons. The van der Waals surface area contributed by atoms with Gasteiger partial charge in [-0.15, -0.1) is 0 Å². The fourth-order valence-electron chi connectivity index (χ4n) is 0.458. The van der Waals surface area contributed by atoms with E-state index in [1.807, 2.05) is 0 Å². The van der Waals surface area contributed by atoms with Crippen LogP contribution >= 0.6 is 0 Å². The monoisotopic (exact) mass is 172 g/mol. The van der Waals surface area contributed by atoms with Crippen LogP contribution < -0.4 is 24.0 Å². The zero-order chi connectivity index (χ0) is 9.02. The second-order valence-corrected chi connectivity index (χ2v) is 2.00. The predicted octanol–water partition coefficient (Wildman–Crippen LogP) is -7.18. The van der Waals surface area contributed by atoms with E-state index in [2.05, 4.69) is 0 Å². The molecule has 0 aliphatic carbocycles. The Bertz CT molecular complexity index is 140. The van der Waals surface area contributed by atoms with Crippen molar-refractivity contribution in [3.63, 3.8) is 0 Å². The molecule has 6 nitrogen and oxygen atoms in total. The third-order valence-corrected chi connectivity index (χ3v) is 1.15. The summed E-state index contributed by atoms with van der Waals surface area (Å²) < 4.78 is 0. The van der Waals surface area contributed by atoms with Gasteiger partial charge in [-0.1, -0.05) is 0 Å². The molecule has 0 aromatic rings. The molecule has 0 spiro atoms. The van der Waals surface area contributed by atoms with Crippen LogP contribution in [0.15, 0.2) is 0 Å². The summed E-state index contributed by atoms with van der Waals surface area (Å²) in [6, 6.07) is 0. The third kappa shape index (κ3) is 4.06. The Morgan fingerprint density at radius 1 is 1.33 bits per heavy atom. The van der Waals surface area contributed by atoms with Gasteiger partial charge in [0.25, 0.3) is 0 Å². The van der Waals surface area contributed by atoms with Crippen molar-refractivity contribution in [1.29, 1.82) is 0 Å². The van der Waals surface area contributed by atoms with Gasteiger partial charge in [-0.2, -0.15) is 0 Å². The topological polar surface area (TPSA) is 121 Å². The Hall–Kier alpha value is -0.0926. The molecule has 12 heavy (non-hydrogen) atoms. The van der Waals surface area contributed by atoms with Crippen molar-refractivity contribution in [3.05, 3.63) is 0 Å². The molecule has 0 saturated heterocycles. The molecular formula is C5H9LiO6. The molecule has 0 radical (unpaired) electrons. The molecule has 0 bridgehead atoms. The van der Waals surface area contributed by atoms with Crippen LogP contribution in [0.3, 0.4) is 0 Å². The Labute approximate surface area is 80.6 Å². The molecular weight excluding hydrogens is 163 g/mol. The summed E-state index contributed by atoms with van der Waals surface area (Å²) in [6.45, 7) is -0.828. The van der Waals surface area contributed by atoms with E-state index in [0.717, 1.165) is 0 Å². The van der Waals surface area contributed by atoms with E-state index in [-0.39, 0.29) is 18.9 Å². The molecule has 0 unspecified atom stereocenters. The van der Waals surface area contributed by atoms with Crippen LogP contribution in [0.25, 0.3) is 0 Å². The molecule has 0 saturated carbocycles. The largest absolute Gasteiger partial charge is 1.00 e. The van der Waals surface area contributed by atoms with Gasteiger partial charge in [0.2, 0.25) is 0 Å². The molecule has 0 aliphatic rings. The van der Waals surface area contributed by atoms with Crippen LogP contribution in [-0.2, 0) is 4.79 Å². The van der Waals surface area contributed by atoms with Gasteiger partial charge in [0.15, 0.2) is 0 Å². The summed E-state index contributed by atoms with van der Waals surface area (Å²) in [7, 11) is 0. The normalized spacial score (nSPS) is 17.3. The van der Waals surface area contributed by atoms with Gasteiger partial charge in [-0.25, -0.2) is 0 Å². The molecule has 0 heterocycles. The van der Waals surface area contributed by atoms with Gasteiger partial charge >= 0.3 is 18.9 Å². The zero-order valence-corrected chi connectivity index (χ0v) is 6.54. The van der Waals surface area contributed by atoms with E-state index in [1.54, 1.807) is 0 Å². The summed E-state index contributed by atoms with van der Waals surface area (Å²) in [5, 5.41) is 43.8. The first kappa shape index (κ1) is 14.4. The number of aliphatic hydroxyl groups excluding tert-OH is 4. The Morgan fingerprint density at radius 2 is 1.75 bits per heavy atom. The van der Waals surface area contributed by atoms with Crippen LogP contribution in [-0.4, -0.2) is 51.3 Å². The Morgan fingerprint density at radius 3 is 2.00 bits per heavy atom. The standard InChI is InChI=1S/C5H10O6.Li/c6-1-2(7)3(8)4(9)5(10)11;/h2-4,6-9H,1H2,(H,10,11);/q;+1/p-1/t2-,3-,4-;/m1./s1. The number of carboxylic acids is 1. The van der Waals surface area contributed by atoms with Crippen molar-refractivity contribution in [2.24, 2.45) is 0 Å². The van der Waals surface area contributed by atoms with Gasteiger partial charge in [-0.3, -0.25) is 0 Å². The first-order chi connectivity index (χ1) is 5.00. The Balaban J connectivity index is 0. The van der Waals surface area contributed by atoms with Crippen molar-refractivity contribution in [2.45, 2.75) is 18.3 Å². The number of hydrogen-bond donors (Lipinski definition) is 4. The van der Waals surface area contributed by atoms with Gasteiger partial charge in [0.05, 0.1) is 12.6 Å². The number of rotatable bonds is 4. The van der Waals surface area contributed by atoms with Gasteiger partial charge in [0, 0.05) is 0 Å². The quantitative estimate of drug-likeness (QED) is 0.312. The maximum Gasteiger partial charge on any atom is 1.00 e. The van der Waals surface area contributed by atoms with E-state index in [9.17, 15) is 9.90 Å². The first-order valence-electron chi connectivity index (χ1n) is 2.86. The zero-order valence-electron chi connectivity index (χ0n) is 6.54. The summed E-state index contributed by atoms with van der Waals surface area (Å²) >= 11 is 0. The molecule has 0 fully saturated rings. The summed E-state index contributed by atoms with van der Waals surface area (Å²) in [6.07, 6.45) is -5.79. The van der Waals surface area contributed by atoms with E-state index < -0.39 is 30.9 Å². The van der Waals surface area contributed by atoms with E-state index in [4.69, 9.17) is 20.4 Å². The fourth-order valence-corrected chi connectivity index (χ4v) is 0.458. The number of carboxylic acid groups (broad SMARTS) is 1. The molecule has 0 aromatic carbocycles. The summed E-state index contributed by atoms with van der Waals surface area (Å²) in [5.41, 5.74) is 0. The summed E-state index contributed by atoms with van der Waals surface area (Å²) in [4.78, 5) is 9.85. The second-order valence-electron chi connectivity index (χ2n) is 2.00. The van der Waals surface area contributed by atoms with Gasteiger partial charge in [0.1, 0.15) is 18.3 Å². The molecule has 0 aromatic heterocycles. The number of carbonyl (C=O) groups excluding carboxylic acids is 1. The van der Waals surface area contributed by atoms with Crippen molar-refractivity contribution < 1.29 is 49.2 Å². The molecule has 3 atom stereocenters. The van der Waals surface area contributed by atoms with Crippen molar-refractivity contribution in [2.75, 3.05) is 6.61 Å². The smallest absolute Gasteiger partial charge is 0.547 e. The van der Waals surface area contributed by atoms with Crippen molar-refractivity contribution in [3.8, 4) is 0 Å².